The molecule has 0 saturated heterocycles. The van der Waals surface area contributed by atoms with Crippen molar-refractivity contribution in [1.82, 2.24) is 0 Å². The Morgan fingerprint density at radius 3 is 1.60 bits per heavy atom. The lowest BCUT2D eigenvalue weighted by Crippen LogP contribution is -3.00. The summed E-state index contributed by atoms with van der Waals surface area (Å²) in [4.78, 5) is 0. The van der Waals surface area contributed by atoms with Gasteiger partial charge in [0.15, 0.2) is 0 Å². The molecule has 0 radical (unpaired) electrons. The Bertz CT molecular complexity index is 673. The zero-order valence-corrected chi connectivity index (χ0v) is 15.4. The molecule has 0 bridgehead atoms. The summed E-state index contributed by atoms with van der Waals surface area (Å²) < 4.78 is 0. The van der Waals surface area contributed by atoms with Crippen LogP contribution in [0.5, 0.6) is 0 Å². The fourth-order valence-electron chi connectivity index (χ4n) is 3.27. The molecule has 0 saturated carbocycles. The van der Waals surface area contributed by atoms with Gasteiger partial charge in [-0.15, -0.1) is 0 Å². The number of hydrogen-bond acceptors (Lipinski definition) is 0. The van der Waals surface area contributed by atoms with E-state index in [1.165, 1.54) is 16.7 Å². The highest BCUT2D eigenvalue weighted by molar-refractivity contribution is 5.32. The first-order valence-electron chi connectivity index (χ1n) is 8.80. The Morgan fingerprint density at radius 1 is 0.680 bits per heavy atom. The maximum atomic E-state index is 2.48. The molecule has 1 unspecified atom stereocenters. The molecule has 130 valence electrons. The first kappa shape index (κ1) is 19.2. The quantitative estimate of drug-likeness (QED) is 0.654. The predicted octanol–water partition coefficient (Wildman–Crippen LogP) is 1.02. The summed E-state index contributed by atoms with van der Waals surface area (Å²) in [5.74, 6) is 0.436. The van der Waals surface area contributed by atoms with Crippen LogP contribution in [0.3, 0.4) is 0 Å². The van der Waals surface area contributed by atoms with E-state index in [1.54, 1.807) is 0 Å². The minimum atomic E-state index is 0. The van der Waals surface area contributed by atoms with Crippen molar-refractivity contribution in [2.24, 2.45) is 0 Å². The highest BCUT2D eigenvalue weighted by Crippen LogP contribution is 2.22. The standard InChI is InChI=1S/C23H25N.ClH/c1-19(17-20-11-5-2-6-12-20)24-18-23(21-13-7-3-8-14-21)22-15-9-4-10-16-22;/h2-16,19,23-24H,17-18H2,1H3;1H. The third-order valence-corrected chi connectivity index (χ3v) is 4.58. The van der Waals surface area contributed by atoms with E-state index in [4.69, 9.17) is 0 Å². The molecule has 2 N–H and O–H groups in total. The largest absolute Gasteiger partial charge is 1.00 e. The molecule has 0 aromatic heterocycles. The van der Waals surface area contributed by atoms with Crippen LogP contribution in [0.2, 0.25) is 0 Å². The van der Waals surface area contributed by atoms with Gasteiger partial charge >= 0.3 is 0 Å². The monoisotopic (exact) mass is 351 g/mol. The Balaban J connectivity index is 0.00000225. The van der Waals surface area contributed by atoms with Gasteiger partial charge in [-0.1, -0.05) is 91.0 Å². The first-order chi connectivity index (χ1) is 11.8. The normalized spacial score (nSPS) is 11.8. The van der Waals surface area contributed by atoms with Crippen molar-refractivity contribution in [3.05, 3.63) is 108 Å². The van der Waals surface area contributed by atoms with Crippen LogP contribution in [-0.4, -0.2) is 12.6 Å². The van der Waals surface area contributed by atoms with Gasteiger partial charge < -0.3 is 17.7 Å². The highest BCUT2D eigenvalue weighted by Gasteiger charge is 2.17. The molecule has 1 atom stereocenters. The number of nitrogens with two attached hydrogens (primary N) is 1. The number of hydrogen-bond donors (Lipinski definition) is 1. The third-order valence-electron chi connectivity index (χ3n) is 4.58. The maximum absolute atomic E-state index is 2.48. The van der Waals surface area contributed by atoms with Crippen LogP contribution in [0.25, 0.3) is 0 Å². The lowest BCUT2D eigenvalue weighted by Gasteiger charge is -2.19. The van der Waals surface area contributed by atoms with Gasteiger partial charge in [0.1, 0.15) is 0 Å². The second-order valence-corrected chi connectivity index (χ2v) is 6.51. The first-order valence-corrected chi connectivity index (χ1v) is 8.80. The molecule has 0 spiro atoms. The van der Waals surface area contributed by atoms with Crippen LogP contribution in [0.1, 0.15) is 29.5 Å². The summed E-state index contributed by atoms with van der Waals surface area (Å²) in [5.41, 5.74) is 4.20. The molecule has 0 heterocycles. The van der Waals surface area contributed by atoms with Crippen molar-refractivity contribution in [2.45, 2.75) is 25.3 Å². The van der Waals surface area contributed by atoms with Crippen molar-refractivity contribution < 1.29 is 17.7 Å². The molecule has 0 aliphatic carbocycles. The molecule has 0 fully saturated rings. The second-order valence-electron chi connectivity index (χ2n) is 6.51. The SMILES string of the molecule is CC(Cc1ccccc1)[NH2+]CC(c1ccccc1)c1ccccc1.[Cl-]. The Hall–Kier alpha value is -2.09. The lowest BCUT2D eigenvalue weighted by molar-refractivity contribution is -0.687. The molecule has 1 nitrogen and oxygen atoms in total. The lowest BCUT2D eigenvalue weighted by atomic mass is 9.91. The average Bonchev–Trinajstić information content (AvgIpc) is 2.64. The smallest absolute Gasteiger partial charge is 0.0871 e. The minimum absolute atomic E-state index is 0. The Kier molecular flexibility index (Phi) is 7.72. The molecule has 2 heteroatoms. The van der Waals surface area contributed by atoms with Crippen molar-refractivity contribution in [1.29, 1.82) is 0 Å². The van der Waals surface area contributed by atoms with Crippen molar-refractivity contribution in [3.63, 3.8) is 0 Å². The van der Waals surface area contributed by atoms with Crippen LogP contribution < -0.4 is 17.7 Å². The fraction of sp³-hybridized carbons (Fsp3) is 0.217. The molecule has 25 heavy (non-hydrogen) atoms. The van der Waals surface area contributed by atoms with E-state index in [2.05, 4.69) is 103 Å². The van der Waals surface area contributed by atoms with E-state index >= 15 is 0 Å². The van der Waals surface area contributed by atoms with Crippen LogP contribution in [0, 0.1) is 0 Å². The van der Waals surface area contributed by atoms with E-state index in [0.29, 0.717) is 12.0 Å². The van der Waals surface area contributed by atoms with E-state index in [0.717, 1.165) is 13.0 Å². The highest BCUT2D eigenvalue weighted by atomic mass is 35.5. The summed E-state index contributed by atoms with van der Waals surface area (Å²) in [6.45, 7) is 3.39. The predicted molar refractivity (Wildman–Crippen MR) is 101 cm³/mol. The number of quaternary nitrogens is 1. The number of halogens is 1. The fourth-order valence-corrected chi connectivity index (χ4v) is 3.27. The number of benzene rings is 3. The van der Waals surface area contributed by atoms with Gasteiger partial charge in [0.05, 0.1) is 18.5 Å². The van der Waals surface area contributed by atoms with Gasteiger partial charge in [-0.25, -0.2) is 0 Å². The number of rotatable bonds is 7. The van der Waals surface area contributed by atoms with Crippen LogP contribution in [-0.2, 0) is 6.42 Å². The zero-order valence-electron chi connectivity index (χ0n) is 14.7. The second kappa shape index (κ2) is 10.0. The minimum Gasteiger partial charge on any atom is -1.00 e. The molecule has 3 rings (SSSR count). The van der Waals surface area contributed by atoms with E-state index in [1.807, 2.05) is 0 Å². The van der Waals surface area contributed by atoms with E-state index in [-0.39, 0.29) is 12.4 Å². The molecule has 3 aromatic carbocycles. The van der Waals surface area contributed by atoms with Gasteiger partial charge in [0.25, 0.3) is 0 Å². The summed E-state index contributed by atoms with van der Waals surface area (Å²) in [5, 5.41) is 2.48. The molecule has 0 aliphatic rings. The molecule has 3 aromatic rings. The van der Waals surface area contributed by atoms with Gasteiger partial charge in [0, 0.05) is 6.42 Å². The molecular weight excluding hydrogens is 326 g/mol. The van der Waals surface area contributed by atoms with Gasteiger partial charge in [-0.05, 0) is 23.6 Å². The summed E-state index contributed by atoms with van der Waals surface area (Å²) in [7, 11) is 0. The van der Waals surface area contributed by atoms with Gasteiger partial charge in [-0.3, -0.25) is 0 Å². The summed E-state index contributed by atoms with van der Waals surface area (Å²) in [6, 6.07) is 33.0. The molecule has 0 aliphatic heterocycles. The van der Waals surface area contributed by atoms with Crippen LogP contribution in [0.15, 0.2) is 91.0 Å². The van der Waals surface area contributed by atoms with Crippen molar-refractivity contribution in [2.75, 3.05) is 6.54 Å². The maximum Gasteiger partial charge on any atom is 0.0871 e. The summed E-state index contributed by atoms with van der Waals surface area (Å²) >= 11 is 0. The van der Waals surface area contributed by atoms with Crippen LogP contribution >= 0.6 is 0 Å². The topological polar surface area (TPSA) is 16.6 Å². The molecular formula is C23H26ClN. The van der Waals surface area contributed by atoms with Gasteiger partial charge in [0.2, 0.25) is 0 Å². The van der Waals surface area contributed by atoms with Crippen LogP contribution in [0.4, 0.5) is 0 Å². The van der Waals surface area contributed by atoms with Gasteiger partial charge in [-0.2, -0.15) is 0 Å². The van der Waals surface area contributed by atoms with Crippen molar-refractivity contribution >= 4 is 0 Å². The van der Waals surface area contributed by atoms with E-state index in [9.17, 15) is 0 Å². The van der Waals surface area contributed by atoms with Crippen molar-refractivity contribution in [3.8, 4) is 0 Å². The van der Waals surface area contributed by atoms with E-state index < -0.39 is 0 Å². The molecule has 0 amide bonds. The Labute approximate surface area is 157 Å². The Morgan fingerprint density at radius 2 is 1.12 bits per heavy atom. The average molecular weight is 352 g/mol. The third kappa shape index (κ3) is 5.74. The summed E-state index contributed by atoms with van der Waals surface area (Å²) in [6.07, 6.45) is 1.11. The zero-order chi connectivity index (χ0) is 16.6.